The van der Waals surface area contributed by atoms with Crippen molar-refractivity contribution in [2.75, 3.05) is 6.61 Å². The standard InChI is InChI=1S/C16H17BrN2O4/c1-4-23-15(21)13-9(2)18-16(22)19(10(3)20)14(13)11-5-7-12(17)8-6-11/h5-8,14H,4H2,1-3H3,(H,18,22)/t14-/m0/s1. The summed E-state index contributed by atoms with van der Waals surface area (Å²) in [6, 6.07) is 5.73. The molecule has 0 fully saturated rings. The summed E-state index contributed by atoms with van der Waals surface area (Å²) < 4.78 is 5.95. The van der Waals surface area contributed by atoms with Crippen LogP contribution in [0.15, 0.2) is 40.0 Å². The maximum Gasteiger partial charge on any atom is 0.338 e. The second kappa shape index (κ2) is 6.95. The molecular formula is C16H17BrN2O4. The molecule has 0 radical (unpaired) electrons. The van der Waals surface area contributed by atoms with Gasteiger partial charge in [-0.1, -0.05) is 28.1 Å². The SMILES string of the molecule is CCOC(=O)C1=C(C)NC(=O)N(C(C)=O)[C@H]1c1ccc(Br)cc1. The number of nitrogens with one attached hydrogen (secondary N) is 1. The van der Waals surface area contributed by atoms with Gasteiger partial charge in [-0.05, 0) is 31.5 Å². The number of carbonyl (C=O) groups is 3. The third-order valence-electron chi connectivity index (χ3n) is 3.47. The van der Waals surface area contributed by atoms with E-state index in [0.29, 0.717) is 11.3 Å². The van der Waals surface area contributed by atoms with E-state index >= 15 is 0 Å². The topological polar surface area (TPSA) is 75.7 Å². The zero-order valence-corrected chi connectivity index (χ0v) is 14.6. The number of rotatable bonds is 3. The normalized spacial score (nSPS) is 17.8. The lowest BCUT2D eigenvalue weighted by atomic mass is 9.94. The van der Waals surface area contributed by atoms with Crippen LogP contribution in [0.4, 0.5) is 4.79 Å². The first-order chi connectivity index (χ1) is 10.9. The molecule has 3 amide bonds. The van der Waals surface area contributed by atoms with Gasteiger partial charge in [0, 0.05) is 17.1 Å². The number of nitrogens with zero attached hydrogens (tertiary/aromatic N) is 1. The van der Waals surface area contributed by atoms with E-state index in [1.807, 2.05) is 0 Å². The van der Waals surface area contributed by atoms with Gasteiger partial charge in [-0.15, -0.1) is 0 Å². The van der Waals surface area contributed by atoms with Gasteiger partial charge >= 0.3 is 12.0 Å². The van der Waals surface area contributed by atoms with E-state index in [1.54, 1.807) is 38.1 Å². The van der Waals surface area contributed by atoms with Gasteiger partial charge in [0.1, 0.15) is 6.04 Å². The van der Waals surface area contributed by atoms with Crippen LogP contribution in [-0.2, 0) is 14.3 Å². The van der Waals surface area contributed by atoms with Crippen LogP contribution in [0.2, 0.25) is 0 Å². The van der Waals surface area contributed by atoms with E-state index in [1.165, 1.54) is 6.92 Å². The summed E-state index contributed by atoms with van der Waals surface area (Å²) in [7, 11) is 0. The van der Waals surface area contributed by atoms with Gasteiger partial charge in [-0.2, -0.15) is 0 Å². The van der Waals surface area contributed by atoms with Gasteiger partial charge in [0.25, 0.3) is 0 Å². The Kier molecular flexibility index (Phi) is 5.20. The Balaban J connectivity index is 2.61. The second-order valence-electron chi connectivity index (χ2n) is 5.03. The molecule has 1 aliphatic rings. The van der Waals surface area contributed by atoms with Crippen molar-refractivity contribution in [3.8, 4) is 0 Å². The molecule has 1 N–H and O–H groups in total. The molecule has 7 heteroatoms. The average molecular weight is 381 g/mol. The Labute approximate surface area is 142 Å². The van der Waals surface area contributed by atoms with Crippen molar-refractivity contribution in [2.24, 2.45) is 0 Å². The summed E-state index contributed by atoms with van der Waals surface area (Å²) in [4.78, 5) is 37.6. The lowest BCUT2D eigenvalue weighted by Crippen LogP contribution is -2.50. The van der Waals surface area contributed by atoms with E-state index in [9.17, 15) is 14.4 Å². The van der Waals surface area contributed by atoms with Crippen LogP contribution < -0.4 is 5.32 Å². The van der Waals surface area contributed by atoms with Crippen molar-refractivity contribution in [3.05, 3.63) is 45.6 Å². The molecule has 23 heavy (non-hydrogen) atoms. The minimum Gasteiger partial charge on any atom is -0.463 e. The number of halogens is 1. The molecular weight excluding hydrogens is 364 g/mol. The predicted octanol–water partition coefficient (Wildman–Crippen LogP) is 2.90. The number of ether oxygens (including phenoxy) is 1. The lowest BCUT2D eigenvalue weighted by molar-refractivity contribution is -0.139. The van der Waals surface area contributed by atoms with Gasteiger partial charge in [-0.25, -0.2) is 9.59 Å². The zero-order valence-electron chi connectivity index (χ0n) is 13.1. The van der Waals surface area contributed by atoms with Crippen LogP contribution in [0.3, 0.4) is 0 Å². The highest BCUT2D eigenvalue weighted by atomic mass is 79.9. The molecule has 122 valence electrons. The number of amides is 3. The van der Waals surface area contributed by atoms with Crippen LogP contribution in [0.1, 0.15) is 32.4 Å². The lowest BCUT2D eigenvalue weighted by Gasteiger charge is -2.35. The zero-order chi connectivity index (χ0) is 17.1. The van der Waals surface area contributed by atoms with Crippen molar-refractivity contribution in [2.45, 2.75) is 26.8 Å². The van der Waals surface area contributed by atoms with Crippen LogP contribution in [-0.4, -0.2) is 29.4 Å². The number of esters is 1. The Morgan fingerprint density at radius 1 is 1.30 bits per heavy atom. The maximum absolute atomic E-state index is 12.4. The van der Waals surface area contributed by atoms with E-state index in [-0.39, 0.29) is 12.2 Å². The van der Waals surface area contributed by atoms with Crippen molar-refractivity contribution in [3.63, 3.8) is 0 Å². The van der Waals surface area contributed by atoms with Crippen molar-refractivity contribution in [1.29, 1.82) is 0 Å². The number of benzene rings is 1. The molecule has 1 aromatic carbocycles. The minimum atomic E-state index is -0.812. The van der Waals surface area contributed by atoms with Crippen LogP contribution >= 0.6 is 15.9 Å². The number of carbonyl (C=O) groups excluding carboxylic acids is 3. The average Bonchev–Trinajstić information content (AvgIpc) is 2.46. The van der Waals surface area contributed by atoms with Gasteiger partial charge < -0.3 is 10.1 Å². The summed E-state index contributed by atoms with van der Waals surface area (Å²) in [6.07, 6.45) is 0. The Bertz CT molecular complexity index is 682. The molecule has 6 nitrogen and oxygen atoms in total. The fourth-order valence-electron chi connectivity index (χ4n) is 2.50. The molecule has 0 spiro atoms. The van der Waals surface area contributed by atoms with E-state index < -0.39 is 23.9 Å². The molecule has 0 saturated carbocycles. The highest BCUT2D eigenvalue weighted by Crippen LogP contribution is 2.34. The van der Waals surface area contributed by atoms with Crippen LogP contribution in [0.5, 0.6) is 0 Å². The van der Waals surface area contributed by atoms with Gasteiger partial charge in [0.05, 0.1) is 12.2 Å². The van der Waals surface area contributed by atoms with Gasteiger partial charge in [0.2, 0.25) is 5.91 Å². The van der Waals surface area contributed by atoms with E-state index in [4.69, 9.17) is 4.74 Å². The number of allylic oxidation sites excluding steroid dienone is 1. The highest BCUT2D eigenvalue weighted by molar-refractivity contribution is 9.10. The predicted molar refractivity (Wildman–Crippen MR) is 87.3 cm³/mol. The molecule has 1 atom stereocenters. The monoisotopic (exact) mass is 380 g/mol. The fourth-order valence-corrected chi connectivity index (χ4v) is 2.76. The first kappa shape index (κ1) is 17.2. The van der Waals surface area contributed by atoms with E-state index in [2.05, 4.69) is 21.2 Å². The van der Waals surface area contributed by atoms with E-state index in [0.717, 1.165) is 9.37 Å². The Morgan fingerprint density at radius 3 is 2.43 bits per heavy atom. The second-order valence-corrected chi connectivity index (χ2v) is 5.95. The number of urea groups is 1. The smallest absolute Gasteiger partial charge is 0.338 e. The fraction of sp³-hybridized carbons (Fsp3) is 0.312. The largest absolute Gasteiger partial charge is 0.463 e. The molecule has 0 saturated heterocycles. The molecule has 0 aliphatic carbocycles. The Morgan fingerprint density at radius 2 is 1.91 bits per heavy atom. The molecule has 0 bridgehead atoms. The van der Waals surface area contributed by atoms with Crippen molar-refractivity contribution in [1.82, 2.24) is 10.2 Å². The quantitative estimate of drug-likeness (QED) is 0.817. The van der Waals surface area contributed by atoms with Gasteiger partial charge in [0.15, 0.2) is 0 Å². The number of hydrogen-bond acceptors (Lipinski definition) is 4. The summed E-state index contributed by atoms with van der Waals surface area (Å²) in [5, 5.41) is 2.55. The third kappa shape index (κ3) is 3.44. The van der Waals surface area contributed by atoms with Crippen LogP contribution in [0.25, 0.3) is 0 Å². The number of hydrogen-bond donors (Lipinski definition) is 1. The third-order valence-corrected chi connectivity index (χ3v) is 4.00. The molecule has 0 aromatic heterocycles. The molecule has 1 aromatic rings. The summed E-state index contributed by atoms with van der Waals surface area (Å²) in [5.74, 6) is -1.01. The Hall–Kier alpha value is -2.15. The van der Waals surface area contributed by atoms with Crippen molar-refractivity contribution >= 4 is 33.8 Å². The molecule has 2 rings (SSSR count). The molecule has 0 unspecified atom stereocenters. The first-order valence-corrected chi connectivity index (χ1v) is 7.90. The highest BCUT2D eigenvalue weighted by Gasteiger charge is 2.40. The summed E-state index contributed by atoms with van der Waals surface area (Å²) in [6.45, 7) is 4.81. The van der Waals surface area contributed by atoms with Gasteiger partial charge in [-0.3, -0.25) is 9.69 Å². The number of imide groups is 1. The summed E-state index contributed by atoms with van der Waals surface area (Å²) in [5.41, 5.74) is 1.29. The van der Waals surface area contributed by atoms with Crippen LogP contribution in [0, 0.1) is 0 Å². The minimum absolute atomic E-state index is 0.205. The van der Waals surface area contributed by atoms with Crippen molar-refractivity contribution < 1.29 is 19.1 Å². The first-order valence-electron chi connectivity index (χ1n) is 7.11. The maximum atomic E-state index is 12.4. The molecule has 1 heterocycles. The summed E-state index contributed by atoms with van der Waals surface area (Å²) >= 11 is 3.34. The molecule has 1 aliphatic heterocycles.